The van der Waals surface area contributed by atoms with Crippen molar-refractivity contribution in [2.24, 2.45) is 0 Å². The summed E-state index contributed by atoms with van der Waals surface area (Å²) in [5.74, 6) is 0.0121. The fourth-order valence-electron chi connectivity index (χ4n) is 3.57. The number of ether oxygens (including phenoxy) is 1. The van der Waals surface area contributed by atoms with E-state index in [4.69, 9.17) is 9.72 Å². The Balaban J connectivity index is 1.66. The van der Waals surface area contributed by atoms with Crippen LogP contribution in [0.2, 0.25) is 0 Å². The Morgan fingerprint density at radius 3 is 2.62 bits per heavy atom. The summed E-state index contributed by atoms with van der Waals surface area (Å²) >= 11 is 1.59. The van der Waals surface area contributed by atoms with Crippen molar-refractivity contribution in [3.63, 3.8) is 0 Å². The predicted octanol–water partition coefficient (Wildman–Crippen LogP) is 4.20. The first-order valence-electron chi connectivity index (χ1n) is 10.1. The first-order valence-corrected chi connectivity index (χ1v) is 10.9. The van der Waals surface area contributed by atoms with Gasteiger partial charge in [0.05, 0.1) is 23.4 Å². The number of benzene rings is 2. The second-order valence-corrected chi connectivity index (χ2v) is 8.64. The van der Waals surface area contributed by atoms with Crippen LogP contribution in [0.3, 0.4) is 0 Å². The van der Waals surface area contributed by atoms with Crippen molar-refractivity contribution in [1.82, 2.24) is 9.88 Å². The smallest absolute Gasteiger partial charge is 0.260 e. The van der Waals surface area contributed by atoms with Crippen LogP contribution in [0.25, 0.3) is 10.2 Å². The molecule has 1 amide bonds. The standard InChI is InChI=1S/C23H27N3O2S/c1-16-7-8-19(15-18(16)3)22(27)26(10-9-25-11-13-28-14-12-25)23-24-21-17(2)5-4-6-20(21)29-23/h4-8,15H,9-14H2,1-3H3. The average molecular weight is 410 g/mol. The number of nitrogens with zero attached hydrogens (tertiary/aromatic N) is 3. The first-order chi connectivity index (χ1) is 14.0. The summed E-state index contributed by atoms with van der Waals surface area (Å²) in [6, 6.07) is 12.1. The molecule has 1 fully saturated rings. The first kappa shape index (κ1) is 20.0. The van der Waals surface area contributed by atoms with Crippen LogP contribution in [-0.4, -0.2) is 55.2 Å². The third-order valence-corrected chi connectivity index (χ3v) is 6.63. The number of carbonyl (C=O) groups is 1. The molecule has 152 valence electrons. The minimum absolute atomic E-state index is 0.0121. The molecular weight excluding hydrogens is 382 g/mol. The quantitative estimate of drug-likeness (QED) is 0.634. The highest BCUT2D eigenvalue weighted by atomic mass is 32.1. The molecule has 2 heterocycles. The molecule has 1 aromatic heterocycles. The molecule has 0 atom stereocenters. The molecule has 4 rings (SSSR count). The van der Waals surface area contributed by atoms with Gasteiger partial charge in [0, 0.05) is 31.7 Å². The third-order valence-electron chi connectivity index (χ3n) is 5.58. The van der Waals surface area contributed by atoms with Gasteiger partial charge in [-0.3, -0.25) is 14.6 Å². The lowest BCUT2D eigenvalue weighted by molar-refractivity contribution is 0.0391. The Hall–Kier alpha value is -2.28. The highest BCUT2D eigenvalue weighted by molar-refractivity contribution is 7.22. The SMILES string of the molecule is Cc1ccc(C(=O)N(CCN2CCOCC2)c2nc3c(C)cccc3s2)cc1C. The van der Waals surface area contributed by atoms with Crippen LogP contribution in [0.5, 0.6) is 0 Å². The van der Waals surface area contributed by atoms with Crippen molar-refractivity contribution in [1.29, 1.82) is 0 Å². The van der Waals surface area contributed by atoms with Crippen molar-refractivity contribution in [3.05, 3.63) is 58.7 Å². The number of thiazole rings is 1. The Morgan fingerprint density at radius 1 is 1.10 bits per heavy atom. The molecule has 0 radical (unpaired) electrons. The van der Waals surface area contributed by atoms with Crippen LogP contribution in [0, 0.1) is 20.8 Å². The number of morpholine rings is 1. The molecule has 29 heavy (non-hydrogen) atoms. The van der Waals surface area contributed by atoms with Crippen molar-refractivity contribution in [2.45, 2.75) is 20.8 Å². The molecule has 0 N–H and O–H groups in total. The van der Waals surface area contributed by atoms with E-state index >= 15 is 0 Å². The monoisotopic (exact) mass is 409 g/mol. The number of aryl methyl sites for hydroxylation is 3. The molecule has 0 spiro atoms. The number of hydrogen-bond acceptors (Lipinski definition) is 5. The molecule has 3 aromatic rings. The number of anilines is 1. The maximum Gasteiger partial charge on any atom is 0.260 e. The summed E-state index contributed by atoms with van der Waals surface area (Å²) in [6.45, 7) is 10.9. The van der Waals surface area contributed by atoms with Crippen LogP contribution in [0.4, 0.5) is 5.13 Å². The zero-order valence-electron chi connectivity index (χ0n) is 17.3. The van der Waals surface area contributed by atoms with E-state index in [1.165, 1.54) is 5.56 Å². The van der Waals surface area contributed by atoms with Crippen LogP contribution in [0.1, 0.15) is 27.0 Å². The van der Waals surface area contributed by atoms with Crippen LogP contribution < -0.4 is 4.90 Å². The van der Waals surface area contributed by atoms with Gasteiger partial charge in [-0.15, -0.1) is 0 Å². The zero-order valence-corrected chi connectivity index (χ0v) is 18.1. The van der Waals surface area contributed by atoms with E-state index in [9.17, 15) is 4.79 Å². The molecule has 6 heteroatoms. The van der Waals surface area contributed by atoms with E-state index < -0.39 is 0 Å². The van der Waals surface area contributed by atoms with E-state index in [2.05, 4.69) is 30.9 Å². The molecular formula is C23H27N3O2S. The van der Waals surface area contributed by atoms with E-state index in [0.717, 1.165) is 59.3 Å². The minimum atomic E-state index is 0.0121. The van der Waals surface area contributed by atoms with Gasteiger partial charge in [0.2, 0.25) is 0 Å². The van der Waals surface area contributed by atoms with Crippen molar-refractivity contribution >= 4 is 32.6 Å². The van der Waals surface area contributed by atoms with Crippen LogP contribution in [-0.2, 0) is 4.74 Å². The van der Waals surface area contributed by atoms with Crippen molar-refractivity contribution in [2.75, 3.05) is 44.3 Å². The number of hydrogen-bond donors (Lipinski definition) is 0. The lowest BCUT2D eigenvalue weighted by atomic mass is 10.1. The highest BCUT2D eigenvalue weighted by Gasteiger charge is 2.23. The predicted molar refractivity (Wildman–Crippen MR) is 119 cm³/mol. The summed E-state index contributed by atoms with van der Waals surface area (Å²) in [6.07, 6.45) is 0. The van der Waals surface area contributed by atoms with Crippen molar-refractivity contribution in [3.8, 4) is 0 Å². The molecule has 1 aliphatic rings. The molecule has 0 aliphatic carbocycles. The highest BCUT2D eigenvalue weighted by Crippen LogP contribution is 2.31. The summed E-state index contributed by atoms with van der Waals surface area (Å²) in [5.41, 5.74) is 5.15. The van der Waals surface area contributed by atoms with Gasteiger partial charge in [0.25, 0.3) is 5.91 Å². The molecule has 0 saturated carbocycles. The minimum Gasteiger partial charge on any atom is -0.379 e. The summed E-state index contributed by atoms with van der Waals surface area (Å²) < 4.78 is 6.57. The van der Waals surface area contributed by atoms with Gasteiger partial charge in [0.1, 0.15) is 0 Å². The second-order valence-electron chi connectivity index (χ2n) is 7.63. The summed E-state index contributed by atoms with van der Waals surface area (Å²) in [4.78, 5) is 22.5. The molecule has 5 nitrogen and oxygen atoms in total. The van der Waals surface area contributed by atoms with E-state index in [0.29, 0.717) is 12.1 Å². The lowest BCUT2D eigenvalue weighted by Gasteiger charge is -2.29. The largest absolute Gasteiger partial charge is 0.379 e. The Labute approximate surface area is 175 Å². The molecule has 1 saturated heterocycles. The number of amides is 1. The van der Waals surface area contributed by atoms with Gasteiger partial charge in [-0.25, -0.2) is 4.98 Å². The molecule has 0 unspecified atom stereocenters. The maximum absolute atomic E-state index is 13.5. The van der Waals surface area contributed by atoms with Gasteiger partial charge in [-0.05, 0) is 55.7 Å². The lowest BCUT2D eigenvalue weighted by Crippen LogP contribution is -2.43. The van der Waals surface area contributed by atoms with Gasteiger partial charge >= 0.3 is 0 Å². The number of rotatable bonds is 5. The normalized spacial score (nSPS) is 15.0. The topological polar surface area (TPSA) is 45.7 Å². The zero-order chi connectivity index (χ0) is 20.4. The number of aromatic nitrogens is 1. The fourth-order valence-corrected chi connectivity index (χ4v) is 4.64. The van der Waals surface area contributed by atoms with E-state index in [1.807, 2.05) is 36.1 Å². The number of carbonyl (C=O) groups excluding carboxylic acids is 1. The van der Waals surface area contributed by atoms with E-state index in [1.54, 1.807) is 11.3 Å². The van der Waals surface area contributed by atoms with Crippen LogP contribution in [0.15, 0.2) is 36.4 Å². The Kier molecular flexibility index (Phi) is 5.94. The Bertz CT molecular complexity index is 1020. The van der Waals surface area contributed by atoms with Gasteiger partial charge in [-0.1, -0.05) is 29.5 Å². The van der Waals surface area contributed by atoms with Crippen LogP contribution >= 0.6 is 11.3 Å². The second kappa shape index (κ2) is 8.61. The third kappa shape index (κ3) is 4.34. The molecule has 2 aromatic carbocycles. The summed E-state index contributed by atoms with van der Waals surface area (Å²) in [7, 11) is 0. The number of fused-ring (bicyclic) bond motifs is 1. The average Bonchev–Trinajstić information content (AvgIpc) is 3.16. The number of para-hydroxylation sites is 1. The molecule has 0 bridgehead atoms. The van der Waals surface area contributed by atoms with Gasteiger partial charge in [0.15, 0.2) is 5.13 Å². The fraction of sp³-hybridized carbons (Fsp3) is 0.391. The van der Waals surface area contributed by atoms with Crippen molar-refractivity contribution < 1.29 is 9.53 Å². The van der Waals surface area contributed by atoms with Gasteiger partial charge < -0.3 is 4.74 Å². The van der Waals surface area contributed by atoms with E-state index in [-0.39, 0.29) is 5.91 Å². The molecule has 1 aliphatic heterocycles. The maximum atomic E-state index is 13.5. The van der Waals surface area contributed by atoms with Gasteiger partial charge in [-0.2, -0.15) is 0 Å². The Morgan fingerprint density at radius 2 is 1.90 bits per heavy atom. The summed E-state index contributed by atoms with van der Waals surface area (Å²) in [5, 5.41) is 0.769.